The highest BCUT2D eigenvalue weighted by molar-refractivity contribution is 8.89. The van der Waals surface area contributed by atoms with Gasteiger partial charge in [-0.1, -0.05) is 107 Å². The number of nitrogens with one attached hydrogen (secondary N) is 1. The summed E-state index contributed by atoms with van der Waals surface area (Å²) in [7, 11) is 3.09. The quantitative estimate of drug-likeness (QED) is 0.173. The molecule has 0 heterocycles. The minimum absolute atomic E-state index is 0.198. The van der Waals surface area contributed by atoms with Crippen LogP contribution in [-0.2, 0) is 0 Å². The summed E-state index contributed by atoms with van der Waals surface area (Å²) in [6.07, 6.45) is 31.3. The van der Waals surface area contributed by atoms with E-state index >= 15 is 0 Å². The Labute approximate surface area is 239 Å². The van der Waals surface area contributed by atoms with Gasteiger partial charge in [-0.3, -0.25) is 0 Å². The van der Waals surface area contributed by atoms with Crippen molar-refractivity contribution in [2.24, 2.45) is 0 Å². The fourth-order valence-corrected chi connectivity index (χ4v) is 6.71. The highest BCUT2D eigenvalue weighted by atomic mass is 33.1. The predicted octanol–water partition coefficient (Wildman–Crippen LogP) is 8.14. The van der Waals surface area contributed by atoms with Gasteiger partial charge in [0.05, 0.1) is 6.54 Å². The summed E-state index contributed by atoms with van der Waals surface area (Å²) in [5.41, 5.74) is 17.6. The average molecular weight is 559 g/mol. The lowest BCUT2D eigenvalue weighted by Crippen LogP contribution is -2.33. The SMILES string of the molecule is S=C(NC(CC1=C=C=CC=C1)CC1=CC=CCC1)SSC(=S)N(CC1=C=C=CC=C1)CC1=CC=CCC1. The summed E-state index contributed by atoms with van der Waals surface area (Å²) in [5.74, 6) is 0. The maximum Gasteiger partial charge on any atom is 0.148 e. The van der Waals surface area contributed by atoms with Crippen LogP contribution in [0, 0.1) is 0 Å². The second kappa shape index (κ2) is 15.1. The number of allylic oxidation sites excluding steroid dienone is 11. The summed E-state index contributed by atoms with van der Waals surface area (Å²) >= 11 is 11.7. The molecular weight excluding hydrogens is 529 g/mol. The van der Waals surface area contributed by atoms with Gasteiger partial charge in [0, 0.05) is 30.2 Å². The first-order chi connectivity index (χ1) is 18.2. The van der Waals surface area contributed by atoms with Crippen molar-refractivity contribution in [2.45, 2.75) is 44.6 Å². The Kier molecular flexibility index (Phi) is 11.2. The van der Waals surface area contributed by atoms with Crippen molar-refractivity contribution < 1.29 is 0 Å². The van der Waals surface area contributed by atoms with Gasteiger partial charge in [0.1, 0.15) is 8.64 Å². The first-order valence-electron chi connectivity index (χ1n) is 12.5. The van der Waals surface area contributed by atoms with E-state index < -0.39 is 0 Å². The third-order valence-electron chi connectivity index (χ3n) is 6.12. The summed E-state index contributed by atoms with van der Waals surface area (Å²) in [6, 6.07) is 0.198. The zero-order valence-corrected chi connectivity index (χ0v) is 24.0. The minimum atomic E-state index is 0.198. The highest BCUT2D eigenvalue weighted by Crippen LogP contribution is 2.29. The van der Waals surface area contributed by atoms with E-state index in [4.69, 9.17) is 24.4 Å². The minimum Gasteiger partial charge on any atom is -0.367 e. The monoisotopic (exact) mass is 558 g/mol. The molecule has 1 unspecified atom stereocenters. The Morgan fingerprint density at radius 3 is 2.14 bits per heavy atom. The van der Waals surface area contributed by atoms with Crippen LogP contribution < -0.4 is 5.32 Å². The van der Waals surface area contributed by atoms with Crippen LogP contribution >= 0.6 is 46.0 Å². The molecule has 0 saturated heterocycles. The topological polar surface area (TPSA) is 15.3 Å². The van der Waals surface area contributed by atoms with Crippen molar-refractivity contribution in [3.63, 3.8) is 0 Å². The molecule has 4 rings (SSSR count). The normalized spacial score (nSPS) is 17.7. The molecule has 2 nitrogen and oxygen atoms in total. The van der Waals surface area contributed by atoms with Crippen LogP contribution in [0.3, 0.4) is 0 Å². The lowest BCUT2D eigenvalue weighted by Gasteiger charge is -2.27. The highest BCUT2D eigenvalue weighted by Gasteiger charge is 2.18. The Hall–Kier alpha value is -2.48. The molecule has 37 heavy (non-hydrogen) atoms. The van der Waals surface area contributed by atoms with Gasteiger partial charge in [0.2, 0.25) is 0 Å². The van der Waals surface area contributed by atoms with Gasteiger partial charge in [-0.05, 0) is 78.0 Å². The molecule has 6 heteroatoms. The molecule has 0 bridgehead atoms. The van der Waals surface area contributed by atoms with E-state index in [1.54, 1.807) is 10.8 Å². The zero-order chi connectivity index (χ0) is 25.7. The third-order valence-corrected chi connectivity index (χ3v) is 9.60. The Balaban J connectivity index is 1.37. The van der Waals surface area contributed by atoms with Crippen LogP contribution in [0.4, 0.5) is 0 Å². The first-order valence-corrected chi connectivity index (χ1v) is 15.5. The number of thiocarbonyl (C=S) groups is 2. The molecular formula is C31H30N2S4. The van der Waals surface area contributed by atoms with E-state index in [-0.39, 0.29) is 6.04 Å². The smallest absolute Gasteiger partial charge is 0.148 e. The first kappa shape index (κ1) is 27.6. The second-order valence-electron chi connectivity index (χ2n) is 9.05. The van der Waals surface area contributed by atoms with Crippen LogP contribution in [-0.4, -0.2) is 32.7 Å². The van der Waals surface area contributed by atoms with Gasteiger partial charge in [0.15, 0.2) is 0 Å². The second-order valence-corrected chi connectivity index (χ2v) is 12.5. The molecule has 0 fully saturated rings. The van der Waals surface area contributed by atoms with Crippen molar-refractivity contribution in [3.05, 3.63) is 118 Å². The molecule has 1 N–H and O–H groups in total. The number of hydrogen-bond donors (Lipinski definition) is 1. The molecule has 0 radical (unpaired) electrons. The van der Waals surface area contributed by atoms with Gasteiger partial charge >= 0.3 is 0 Å². The molecule has 1 atom stereocenters. The van der Waals surface area contributed by atoms with Gasteiger partial charge in [0.25, 0.3) is 0 Å². The summed E-state index contributed by atoms with van der Waals surface area (Å²) in [5, 5.41) is 3.60. The van der Waals surface area contributed by atoms with Gasteiger partial charge in [-0.15, -0.1) is 0 Å². The molecule has 0 aromatic carbocycles. The van der Waals surface area contributed by atoms with E-state index in [0.717, 1.165) is 64.9 Å². The average Bonchev–Trinajstić information content (AvgIpc) is 2.93. The van der Waals surface area contributed by atoms with Gasteiger partial charge in [-0.25, -0.2) is 0 Å². The molecule has 188 valence electrons. The predicted molar refractivity (Wildman–Crippen MR) is 170 cm³/mol. The van der Waals surface area contributed by atoms with Crippen LogP contribution in [0.1, 0.15) is 38.5 Å². The summed E-state index contributed by atoms with van der Waals surface area (Å²) in [6.45, 7) is 1.51. The van der Waals surface area contributed by atoms with E-state index in [1.807, 2.05) is 24.3 Å². The maximum atomic E-state index is 5.90. The molecule has 0 aliphatic heterocycles. The van der Waals surface area contributed by atoms with Crippen LogP contribution in [0.2, 0.25) is 0 Å². The standard InChI is InChI=1S/C31H30N2S4/c34-30(32-29(21-25-13-5-1-6-14-25)22-26-15-7-2-8-16-26)36-37-31(35)33(23-27-17-9-3-10-18-27)24-28-19-11-4-12-20-28/h1-5,7,9,11,13,15,17,19,29H,6,10,14,18,21-24H2,(H,32,34). The van der Waals surface area contributed by atoms with Crippen molar-refractivity contribution in [1.29, 1.82) is 0 Å². The summed E-state index contributed by atoms with van der Waals surface area (Å²) < 4.78 is 1.58. The van der Waals surface area contributed by atoms with Crippen molar-refractivity contribution in [1.82, 2.24) is 10.2 Å². The van der Waals surface area contributed by atoms with Crippen LogP contribution in [0.25, 0.3) is 0 Å². The fraction of sp³-hybridized carbons (Fsp3) is 0.290. The van der Waals surface area contributed by atoms with E-state index in [1.165, 1.54) is 21.9 Å². The molecule has 0 amide bonds. The Morgan fingerprint density at radius 1 is 0.838 bits per heavy atom. The van der Waals surface area contributed by atoms with E-state index in [9.17, 15) is 0 Å². The lowest BCUT2D eigenvalue weighted by molar-refractivity contribution is 0.502. The number of rotatable bonds is 9. The molecule has 4 aliphatic carbocycles. The fourth-order valence-electron chi connectivity index (χ4n) is 4.30. The van der Waals surface area contributed by atoms with Gasteiger partial charge < -0.3 is 10.2 Å². The largest absolute Gasteiger partial charge is 0.367 e. The molecule has 4 aliphatic rings. The molecule has 0 saturated carbocycles. The van der Waals surface area contributed by atoms with Crippen LogP contribution in [0.5, 0.6) is 0 Å². The Morgan fingerprint density at radius 2 is 1.51 bits per heavy atom. The Bertz CT molecular complexity index is 1290. The number of hydrogen-bond acceptors (Lipinski definition) is 4. The lowest BCUT2D eigenvalue weighted by atomic mass is 9.94. The van der Waals surface area contributed by atoms with Gasteiger partial charge in [-0.2, -0.15) is 0 Å². The van der Waals surface area contributed by atoms with E-state index in [0.29, 0.717) is 6.54 Å². The molecule has 0 aromatic heterocycles. The molecule has 0 spiro atoms. The van der Waals surface area contributed by atoms with Crippen molar-refractivity contribution in [3.8, 4) is 0 Å². The zero-order valence-electron chi connectivity index (χ0n) is 20.7. The number of nitrogens with zero attached hydrogens (tertiary/aromatic N) is 1. The third kappa shape index (κ3) is 9.72. The van der Waals surface area contributed by atoms with Crippen molar-refractivity contribution >= 4 is 54.7 Å². The molecule has 0 aromatic rings. The summed E-state index contributed by atoms with van der Waals surface area (Å²) in [4.78, 5) is 2.24. The van der Waals surface area contributed by atoms with E-state index in [2.05, 4.69) is 81.7 Å². The van der Waals surface area contributed by atoms with Crippen LogP contribution in [0.15, 0.2) is 118 Å². The maximum absolute atomic E-state index is 5.90. The van der Waals surface area contributed by atoms with Crippen molar-refractivity contribution in [2.75, 3.05) is 13.1 Å².